The molecule has 1 aromatic heterocycles. The zero-order valence-corrected chi connectivity index (χ0v) is 15.6. The Morgan fingerprint density at radius 3 is 2.36 bits per heavy atom. The van der Waals surface area contributed by atoms with Crippen molar-refractivity contribution in [2.45, 2.75) is 13.0 Å². The number of benzene rings is 2. The molecule has 2 aromatic carbocycles. The van der Waals surface area contributed by atoms with E-state index in [2.05, 4.69) is 27.3 Å². The van der Waals surface area contributed by atoms with Gasteiger partial charge in [0.15, 0.2) is 5.82 Å². The molecule has 1 saturated heterocycles. The maximum Gasteiger partial charge on any atom is 0.253 e. The second-order valence-corrected chi connectivity index (χ2v) is 6.80. The summed E-state index contributed by atoms with van der Waals surface area (Å²) in [5.74, 6) is 0.359. The zero-order chi connectivity index (χ0) is 19.5. The highest BCUT2D eigenvalue weighted by atomic mass is 19.1. The molecule has 28 heavy (non-hydrogen) atoms. The van der Waals surface area contributed by atoms with Crippen LogP contribution in [0, 0.1) is 5.82 Å². The molecule has 0 N–H and O–H groups in total. The first-order chi connectivity index (χ1) is 13.6. The SMILES string of the molecule is C[C@@H](c1nnnn1-c1ccccc1)N1CCN(C(=O)c2ccc(F)cc2)CC1. The van der Waals surface area contributed by atoms with Crippen LogP contribution < -0.4 is 0 Å². The number of amides is 1. The van der Waals surface area contributed by atoms with Crippen LogP contribution in [-0.2, 0) is 0 Å². The lowest BCUT2D eigenvalue weighted by molar-refractivity contribution is 0.0573. The first-order valence-electron chi connectivity index (χ1n) is 9.26. The summed E-state index contributed by atoms with van der Waals surface area (Å²) >= 11 is 0. The summed E-state index contributed by atoms with van der Waals surface area (Å²) in [4.78, 5) is 16.7. The molecule has 1 atom stereocenters. The van der Waals surface area contributed by atoms with Gasteiger partial charge in [-0.05, 0) is 53.7 Å². The lowest BCUT2D eigenvalue weighted by Crippen LogP contribution is -2.49. The van der Waals surface area contributed by atoms with E-state index >= 15 is 0 Å². The molecule has 4 rings (SSSR count). The molecule has 1 aliphatic rings. The first kappa shape index (κ1) is 18.2. The van der Waals surface area contributed by atoms with E-state index in [1.54, 1.807) is 9.58 Å². The minimum absolute atomic E-state index is 0.0123. The van der Waals surface area contributed by atoms with Gasteiger partial charge < -0.3 is 4.90 Å². The maximum atomic E-state index is 13.1. The lowest BCUT2D eigenvalue weighted by atomic mass is 10.1. The van der Waals surface area contributed by atoms with Crippen LogP contribution in [0.3, 0.4) is 0 Å². The van der Waals surface area contributed by atoms with Crippen LogP contribution in [0.4, 0.5) is 4.39 Å². The Morgan fingerprint density at radius 2 is 1.68 bits per heavy atom. The predicted octanol–water partition coefficient (Wildman–Crippen LogP) is 2.32. The first-order valence-corrected chi connectivity index (χ1v) is 9.26. The Hall–Kier alpha value is -3.13. The summed E-state index contributed by atoms with van der Waals surface area (Å²) in [7, 11) is 0. The van der Waals surface area contributed by atoms with Gasteiger partial charge in [0, 0.05) is 31.7 Å². The standard InChI is InChI=1S/C20H21FN6O/c1-15(19-22-23-24-27(19)18-5-3-2-4-6-18)25-11-13-26(14-12-25)20(28)16-7-9-17(21)10-8-16/h2-10,15H,11-14H2,1H3/t15-/m0/s1. The van der Waals surface area contributed by atoms with Gasteiger partial charge in [0.05, 0.1) is 11.7 Å². The molecule has 0 bridgehead atoms. The molecular formula is C20H21FN6O. The van der Waals surface area contributed by atoms with Crippen LogP contribution >= 0.6 is 0 Å². The van der Waals surface area contributed by atoms with Crippen LogP contribution in [0.25, 0.3) is 5.69 Å². The van der Waals surface area contributed by atoms with Gasteiger partial charge in [-0.15, -0.1) is 5.10 Å². The van der Waals surface area contributed by atoms with Gasteiger partial charge in [0.2, 0.25) is 0 Å². The largest absolute Gasteiger partial charge is 0.336 e. The summed E-state index contributed by atoms with van der Waals surface area (Å²) < 4.78 is 14.8. The molecule has 3 aromatic rings. The van der Waals surface area contributed by atoms with Crippen LogP contribution in [0.1, 0.15) is 29.1 Å². The van der Waals surface area contributed by atoms with E-state index in [0.29, 0.717) is 18.7 Å². The molecule has 0 radical (unpaired) electrons. The number of aromatic nitrogens is 4. The Bertz CT molecular complexity index is 935. The number of rotatable bonds is 4. The Labute approximate surface area is 162 Å². The van der Waals surface area contributed by atoms with E-state index < -0.39 is 0 Å². The van der Waals surface area contributed by atoms with Crippen molar-refractivity contribution in [3.63, 3.8) is 0 Å². The summed E-state index contributed by atoms with van der Waals surface area (Å²) in [6.07, 6.45) is 0. The van der Waals surface area contributed by atoms with Crippen molar-refractivity contribution in [3.8, 4) is 5.69 Å². The molecule has 0 unspecified atom stereocenters. The minimum Gasteiger partial charge on any atom is -0.336 e. The van der Waals surface area contributed by atoms with E-state index in [1.165, 1.54) is 24.3 Å². The fraction of sp³-hybridized carbons (Fsp3) is 0.300. The van der Waals surface area contributed by atoms with Crippen molar-refractivity contribution in [2.75, 3.05) is 26.2 Å². The second kappa shape index (κ2) is 7.85. The number of carbonyl (C=O) groups excluding carboxylic acids is 1. The third-order valence-electron chi connectivity index (χ3n) is 5.11. The Kier molecular flexibility index (Phi) is 5.12. The van der Waals surface area contributed by atoms with Crippen molar-refractivity contribution in [3.05, 3.63) is 71.8 Å². The van der Waals surface area contributed by atoms with Crippen molar-refractivity contribution >= 4 is 5.91 Å². The lowest BCUT2D eigenvalue weighted by Gasteiger charge is -2.37. The number of nitrogens with zero attached hydrogens (tertiary/aromatic N) is 6. The van der Waals surface area contributed by atoms with Gasteiger partial charge in [-0.2, -0.15) is 4.68 Å². The normalized spacial score (nSPS) is 16.1. The van der Waals surface area contributed by atoms with Gasteiger partial charge in [0.1, 0.15) is 5.82 Å². The van der Waals surface area contributed by atoms with Crippen LogP contribution in [0.15, 0.2) is 54.6 Å². The maximum absolute atomic E-state index is 13.1. The summed E-state index contributed by atoms with van der Waals surface area (Å²) in [5.41, 5.74) is 1.43. The van der Waals surface area contributed by atoms with E-state index in [9.17, 15) is 9.18 Å². The third-order valence-corrected chi connectivity index (χ3v) is 5.11. The van der Waals surface area contributed by atoms with E-state index in [1.807, 2.05) is 30.3 Å². The highest BCUT2D eigenvalue weighted by molar-refractivity contribution is 5.94. The van der Waals surface area contributed by atoms with E-state index in [4.69, 9.17) is 0 Å². The van der Waals surface area contributed by atoms with Crippen molar-refractivity contribution in [2.24, 2.45) is 0 Å². The van der Waals surface area contributed by atoms with Crippen LogP contribution in [0.2, 0.25) is 0 Å². The minimum atomic E-state index is -0.341. The number of carbonyl (C=O) groups is 1. The fourth-order valence-corrected chi connectivity index (χ4v) is 3.46. The highest BCUT2D eigenvalue weighted by Crippen LogP contribution is 2.22. The number of tetrazole rings is 1. The van der Waals surface area contributed by atoms with Crippen LogP contribution in [0.5, 0.6) is 0 Å². The highest BCUT2D eigenvalue weighted by Gasteiger charge is 2.28. The second-order valence-electron chi connectivity index (χ2n) is 6.80. The molecule has 0 saturated carbocycles. The Balaban J connectivity index is 1.42. The predicted molar refractivity (Wildman–Crippen MR) is 101 cm³/mol. The fourth-order valence-electron chi connectivity index (χ4n) is 3.46. The number of hydrogen-bond acceptors (Lipinski definition) is 5. The summed E-state index contributed by atoms with van der Waals surface area (Å²) in [6, 6.07) is 15.5. The molecule has 8 heteroatoms. The summed E-state index contributed by atoms with van der Waals surface area (Å²) in [6.45, 7) is 4.72. The van der Waals surface area contributed by atoms with Gasteiger partial charge in [0.25, 0.3) is 5.91 Å². The molecule has 1 fully saturated rings. The van der Waals surface area contributed by atoms with Gasteiger partial charge in [-0.1, -0.05) is 18.2 Å². The molecule has 1 amide bonds. The van der Waals surface area contributed by atoms with Gasteiger partial charge in [-0.3, -0.25) is 9.69 Å². The van der Waals surface area contributed by atoms with Crippen molar-refractivity contribution in [1.29, 1.82) is 0 Å². The van der Waals surface area contributed by atoms with Crippen molar-refractivity contribution in [1.82, 2.24) is 30.0 Å². The van der Waals surface area contributed by atoms with E-state index in [-0.39, 0.29) is 17.8 Å². The molecule has 0 spiro atoms. The topological polar surface area (TPSA) is 67.2 Å². The molecule has 0 aliphatic carbocycles. The summed E-state index contributed by atoms with van der Waals surface area (Å²) in [5, 5.41) is 12.2. The number of halogens is 1. The van der Waals surface area contributed by atoms with Gasteiger partial charge >= 0.3 is 0 Å². The average molecular weight is 380 g/mol. The Morgan fingerprint density at radius 1 is 1.00 bits per heavy atom. The monoisotopic (exact) mass is 380 g/mol. The smallest absolute Gasteiger partial charge is 0.253 e. The molecule has 7 nitrogen and oxygen atoms in total. The number of hydrogen-bond donors (Lipinski definition) is 0. The molecular weight excluding hydrogens is 359 g/mol. The van der Waals surface area contributed by atoms with Crippen molar-refractivity contribution < 1.29 is 9.18 Å². The third kappa shape index (κ3) is 3.63. The average Bonchev–Trinajstić information content (AvgIpc) is 3.24. The van der Waals surface area contributed by atoms with E-state index in [0.717, 1.165) is 24.6 Å². The quantitative estimate of drug-likeness (QED) is 0.695. The molecule has 2 heterocycles. The zero-order valence-electron chi connectivity index (χ0n) is 15.6. The number of para-hydroxylation sites is 1. The van der Waals surface area contributed by atoms with Crippen LogP contribution in [-0.4, -0.2) is 62.1 Å². The number of piperazine rings is 1. The molecule has 1 aliphatic heterocycles. The molecule has 144 valence electrons. The van der Waals surface area contributed by atoms with Gasteiger partial charge in [-0.25, -0.2) is 4.39 Å².